The number of hydrogen-bond donors (Lipinski definition) is 1. The summed E-state index contributed by atoms with van der Waals surface area (Å²) in [5.41, 5.74) is 0.920. The highest BCUT2D eigenvalue weighted by atomic mass is 16.7. The van der Waals surface area contributed by atoms with Gasteiger partial charge in [0.05, 0.1) is 0 Å². The van der Waals surface area contributed by atoms with Crippen LogP contribution in [0.4, 0.5) is 0 Å². The van der Waals surface area contributed by atoms with Crippen LogP contribution < -0.4 is 14.8 Å². The Labute approximate surface area is 123 Å². The van der Waals surface area contributed by atoms with E-state index in [0.717, 1.165) is 5.56 Å². The fourth-order valence-corrected chi connectivity index (χ4v) is 2.61. The molecule has 1 aromatic carbocycles. The Balaban J connectivity index is 1.81. The third-order valence-electron chi connectivity index (χ3n) is 3.94. The lowest BCUT2D eigenvalue weighted by molar-refractivity contribution is -0.149. The van der Waals surface area contributed by atoms with Crippen molar-refractivity contribution in [2.75, 3.05) is 6.79 Å². The van der Waals surface area contributed by atoms with E-state index in [1.54, 1.807) is 11.8 Å². The minimum atomic E-state index is -0.467. The molecule has 0 spiro atoms. The molecule has 6 heteroatoms. The first-order valence-corrected chi connectivity index (χ1v) is 7.09. The van der Waals surface area contributed by atoms with Crippen molar-refractivity contribution in [3.63, 3.8) is 0 Å². The van der Waals surface area contributed by atoms with E-state index in [9.17, 15) is 9.59 Å². The maximum Gasteiger partial charge on any atom is 0.246 e. The van der Waals surface area contributed by atoms with Crippen LogP contribution in [0.5, 0.6) is 11.5 Å². The van der Waals surface area contributed by atoms with Gasteiger partial charge in [0.15, 0.2) is 11.5 Å². The topological polar surface area (TPSA) is 67.9 Å². The van der Waals surface area contributed by atoms with Crippen LogP contribution in [0.15, 0.2) is 18.2 Å². The number of nitrogens with zero attached hydrogens (tertiary/aromatic N) is 1. The molecule has 0 saturated carbocycles. The van der Waals surface area contributed by atoms with Crippen molar-refractivity contribution in [3.8, 4) is 11.5 Å². The number of fused-ring (bicyclic) bond motifs is 1. The molecular formula is C15H18N2O4. The molecule has 2 aliphatic rings. The average molecular weight is 290 g/mol. The first-order valence-electron chi connectivity index (χ1n) is 7.09. The van der Waals surface area contributed by atoms with Crippen molar-refractivity contribution in [1.29, 1.82) is 0 Å². The lowest BCUT2D eigenvalue weighted by Gasteiger charge is -2.37. The van der Waals surface area contributed by atoms with E-state index in [-0.39, 0.29) is 18.6 Å². The van der Waals surface area contributed by atoms with Crippen molar-refractivity contribution in [2.24, 2.45) is 0 Å². The first-order chi connectivity index (χ1) is 10.1. The number of carbonyl (C=O) groups is 2. The lowest BCUT2D eigenvalue weighted by atomic mass is 10.0. The molecule has 1 N–H and O–H groups in total. The van der Waals surface area contributed by atoms with Crippen LogP contribution in [0.1, 0.15) is 25.8 Å². The Morgan fingerprint density at radius 3 is 2.81 bits per heavy atom. The van der Waals surface area contributed by atoms with E-state index in [1.165, 1.54) is 0 Å². The number of rotatable bonds is 3. The highest BCUT2D eigenvalue weighted by molar-refractivity contribution is 5.96. The lowest BCUT2D eigenvalue weighted by Crippen LogP contribution is -2.61. The molecule has 6 nitrogen and oxygen atoms in total. The van der Waals surface area contributed by atoms with Gasteiger partial charge in [-0.1, -0.05) is 13.0 Å². The van der Waals surface area contributed by atoms with Gasteiger partial charge < -0.3 is 19.7 Å². The molecule has 2 aliphatic heterocycles. The van der Waals surface area contributed by atoms with E-state index in [4.69, 9.17) is 9.47 Å². The Morgan fingerprint density at radius 2 is 2.05 bits per heavy atom. The second-order valence-electron chi connectivity index (χ2n) is 5.30. The van der Waals surface area contributed by atoms with Crippen molar-refractivity contribution >= 4 is 11.8 Å². The Kier molecular flexibility index (Phi) is 3.45. The zero-order valence-electron chi connectivity index (χ0n) is 12.1. The molecule has 2 amide bonds. The largest absolute Gasteiger partial charge is 0.454 e. The van der Waals surface area contributed by atoms with Crippen LogP contribution in [-0.2, 0) is 16.1 Å². The molecule has 0 aliphatic carbocycles. The van der Waals surface area contributed by atoms with Crippen molar-refractivity contribution < 1.29 is 19.1 Å². The number of amides is 2. The van der Waals surface area contributed by atoms with Crippen molar-refractivity contribution in [2.45, 2.75) is 38.9 Å². The highest BCUT2D eigenvalue weighted by Gasteiger charge is 2.37. The molecule has 21 heavy (non-hydrogen) atoms. The smallest absolute Gasteiger partial charge is 0.246 e. The number of benzene rings is 1. The molecule has 0 radical (unpaired) electrons. The van der Waals surface area contributed by atoms with Crippen LogP contribution in [-0.4, -0.2) is 35.6 Å². The molecule has 2 atom stereocenters. The molecule has 112 valence electrons. The fourth-order valence-electron chi connectivity index (χ4n) is 2.61. The summed E-state index contributed by atoms with van der Waals surface area (Å²) in [6.45, 7) is 4.24. The van der Waals surface area contributed by atoms with E-state index < -0.39 is 12.1 Å². The molecule has 0 bridgehead atoms. The van der Waals surface area contributed by atoms with Crippen LogP contribution >= 0.6 is 0 Å². The van der Waals surface area contributed by atoms with Gasteiger partial charge in [0.25, 0.3) is 0 Å². The van der Waals surface area contributed by atoms with Crippen LogP contribution in [0.3, 0.4) is 0 Å². The van der Waals surface area contributed by atoms with E-state index in [1.807, 2.05) is 25.1 Å². The summed E-state index contributed by atoms with van der Waals surface area (Å²) in [5.74, 6) is 1.24. The molecule has 3 rings (SSSR count). The van der Waals surface area contributed by atoms with Crippen molar-refractivity contribution in [3.05, 3.63) is 23.8 Å². The highest BCUT2D eigenvalue weighted by Crippen LogP contribution is 2.33. The Hall–Kier alpha value is -2.24. The summed E-state index contributed by atoms with van der Waals surface area (Å²) in [6.07, 6.45) is 0.592. The van der Waals surface area contributed by atoms with E-state index >= 15 is 0 Å². The molecular weight excluding hydrogens is 272 g/mol. The molecule has 2 heterocycles. The van der Waals surface area contributed by atoms with Gasteiger partial charge in [0.1, 0.15) is 12.1 Å². The molecule has 1 fully saturated rings. The number of hydrogen-bond acceptors (Lipinski definition) is 4. The van der Waals surface area contributed by atoms with Gasteiger partial charge in [-0.15, -0.1) is 0 Å². The van der Waals surface area contributed by atoms with Gasteiger partial charge in [-0.2, -0.15) is 0 Å². The third kappa shape index (κ3) is 2.41. The predicted octanol–water partition coefficient (Wildman–Crippen LogP) is 1.04. The zero-order chi connectivity index (χ0) is 15.0. The van der Waals surface area contributed by atoms with Gasteiger partial charge in [-0.05, 0) is 31.0 Å². The molecule has 2 unspecified atom stereocenters. The summed E-state index contributed by atoms with van der Waals surface area (Å²) in [7, 11) is 0. The second-order valence-corrected chi connectivity index (χ2v) is 5.30. The molecule has 0 aromatic heterocycles. The number of ether oxygens (including phenoxy) is 2. The molecule has 1 saturated heterocycles. The number of nitrogens with one attached hydrogen (secondary N) is 1. The Bertz CT molecular complexity index is 587. The van der Waals surface area contributed by atoms with E-state index in [2.05, 4.69) is 5.32 Å². The van der Waals surface area contributed by atoms with Crippen LogP contribution in [0.25, 0.3) is 0 Å². The van der Waals surface area contributed by atoms with Gasteiger partial charge in [0.2, 0.25) is 18.6 Å². The quantitative estimate of drug-likeness (QED) is 0.903. The summed E-state index contributed by atoms with van der Waals surface area (Å²) in [5, 5.41) is 2.75. The minimum absolute atomic E-state index is 0.0396. The van der Waals surface area contributed by atoms with Crippen LogP contribution in [0, 0.1) is 0 Å². The van der Waals surface area contributed by atoms with Gasteiger partial charge >= 0.3 is 0 Å². The number of carbonyl (C=O) groups excluding carboxylic acids is 2. The summed E-state index contributed by atoms with van der Waals surface area (Å²) >= 11 is 0. The standard InChI is InChI=1S/C15H18N2O4/c1-3-11-15(19)17(9(2)14(18)16-11)7-10-4-5-12-13(6-10)21-8-20-12/h4-6,9,11H,3,7-8H2,1-2H3,(H,16,18). The minimum Gasteiger partial charge on any atom is -0.454 e. The van der Waals surface area contributed by atoms with Crippen LogP contribution in [0.2, 0.25) is 0 Å². The Morgan fingerprint density at radius 1 is 1.29 bits per heavy atom. The molecule has 1 aromatic rings. The number of piperazine rings is 1. The maximum atomic E-state index is 12.4. The van der Waals surface area contributed by atoms with Gasteiger partial charge in [-0.25, -0.2) is 0 Å². The first kappa shape index (κ1) is 13.7. The zero-order valence-corrected chi connectivity index (χ0v) is 12.1. The van der Waals surface area contributed by atoms with Gasteiger partial charge in [0, 0.05) is 6.54 Å². The fraction of sp³-hybridized carbons (Fsp3) is 0.467. The SMILES string of the molecule is CCC1NC(=O)C(C)N(Cc2ccc3c(c2)OCO3)C1=O. The summed E-state index contributed by atoms with van der Waals surface area (Å²) < 4.78 is 10.6. The van der Waals surface area contributed by atoms with Crippen molar-refractivity contribution in [1.82, 2.24) is 10.2 Å². The summed E-state index contributed by atoms with van der Waals surface area (Å²) in [4.78, 5) is 26.0. The second kappa shape index (κ2) is 5.27. The predicted molar refractivity (Wildman–Crippen MR) is 74.8 cm³/mol. The summed E-state index contributed by atoms with van der Waals surface area (Å²) in [6, 6.07) is 4.68. The average Bonchev–Trinajstić information content (AvgIpc) is 2.95. The maximum absolute atomic E-state index is 12.4. The third-order valence-corrected chi connectivity index (χ3v) is 3.94. The normalized spacial score (nSPS) is 24.2. The monoisotopic (exact) mass is 290 g/mol. The van der Waals surface area contributed by atoms with Gasteiger partial charge in [-0.3, -0.25) is 9.59 Å². The van der Waals surface area contributed by atoms with E-state index in [0.29, 0.717) is 24.5 Å².